The van der Waals surface area contributed by atoms with E-state index >= 15 is 0 Å². The zero-order valence-corrected chi connectivity index (χ0v) is 13.5. The molecular weight excluding hydrogens is 314 g/mol. The number of rotatable bonds is 2. The summed E-state index contributed by atoms with van der Waals surface area (Å²) in [5.41, 5.74) is 1.79. The van der Waals surface area contributed by atoms with Crippen molar-refractivity contribution in [3.63, 3.8) is 0 Å². The summed E-state index contributed by atoms with van der Waals surface area (Å²) < 4.78 is 1.64. The van der Waals surface area contributed by atoms with Crippen molar-refractivity contribution < 1.29 is 0 Å². The number of nitrogens with zero attached hydrogens (tertiary/aromatic N) is 5. The van der Waals surface area contributed by atoms with E-state index in [9.17, 15) is 4.79 Å². The molecule has 122 valence electrons. The van der Waals surface area contributed by atoms with Crippen LogP contribution in [0.3, 0.4) is 0 Å². The number of aromatic nitrogens is 4. The van der Waals surface area contributed by atoms with Crippen LogP contribution in [0.25, 0.3) is 16.7 Å². The van der Waals surface area contributed by atoms with Crippen molar-refractivity contribution in [3.05, 3.63) is 58.5 Å². The molecule has 2 aliphatic carbocycles. The van der Waals surface area contributed by atoms with E-state index in [0.29, 0.717) is 22.4 Å². The summed E-state index contributed by atoms with van der Waals surface area (Å²) in [5.74, 6) is 2.67. The molecule has 0 saturated heterocycles. The van der Waals surface area contributed by atoms with Crippen molar-refractivity contribution in [2.75, 3.05) is 0 Å². The lowest BCUT2D eigenvalue weighted by Gasteiger charge is -2.18. The Kier molecular flexibility index (Phi) is 2.98. The topological polar surface area (TPSA) is 84.5 Å². The van der Waals surface area contributed by atoms with Crippen molar-refractivity contribution in [1.29, 1.82) is 5.26 Å². The molecule has 0 radical (unpaired) electrons. The van der Waals surface area contributed by atoms with Crippen LogP contribution >= 0.6 is 0 Å². The molecule has 25 heavy (non-hydrogen) atoms. The van der Waals surface area contributed by atoms with Crippen LogP contribution in [0.15, 0.2) is 41.5 Å². The third kappa shape index (κ3) is 2.23. The van der Waals surface area contributed by atoms with E-state index in [1.165, 1.54) is 6.42 Å². The summed E-state index contributed by atoms with van der Waals surface area (Å²) in [7, 11) is 0. The summed E-state index contributed by atoms with van der Waals surface area (Å²) in [4.78, 5) is 26.3. The lowest BCUT2D eigenvalue weighted by Crippen LogP contribution is -2.26. The first kappa shape index (κ1) is 14.3. The minimum absolute atomic E-state index is 0.173. The summed E-state index contributed by atoms with van der Waals surface area (Å²) in [6.45, 7) is 0. The van der Waals surface area contributed by atoms with Crippen LogP contribution in [-0.4, -0.2) is 19.5 Å². The third-order valence-corrected chi connectivity index (χ3v) is 5.39. The first-order valence-corrected chi connectivity index (χ1v) is 8.49. The maximum Gasteiger partial charge on any atom is 0.284 e. The summed E-state index contributed by atoms with van der Waals surface area (Å²) in [6.07, 6.45) is 6.67. The van der Waals surface area contributed by atoms with Crippen molar-refractivity contribution in [1.82, 2.24) is 19.5 Å². The van der Waals surface area contributed by atoms with Gasteiger partial charge in [-0.15, -0.1) is 0 Å². The maximum atomic E-state index is 13.1. The highest BCUT2D eigenvalue weighted by Gasteiger charge is 2.47. The van der Waals surface area contributed by atoms with Gasteiger partial charge in [0.1, 0.15) is 17.6 Å². The highest BCUT2D eigenvalue weighted by molar-refractivity contribution is 5.73. The number of fused-ring (bicyclic) bond motifs is 2. The third-order valence-electron chi connectivity index (χ3n) is 5.39. The highest BCUT2D eigenvalue weighted by Crippen LogP contribution is 2.57. The van der Waals surface area contributed by atoms with Crippen LogP contribution in [0.1, 0.15) is 36.7 Å². The quantitative estimate of drug-likeness (QED) is 0.721. The predicted octanol–water partition coefficient (Wildman–Crippen LogP) is 2.56. The molecule has 0 bridgehead atoms. The van der Waals surface area contributed by atoms with Crippen molar-refractivity contribution in [2.24, 2.45) is 11.8 Å². The van der Waals surface area contributed by atoms with Crippen molar-refractivity contribution in [3.8, 4) is 11.8 Å². The van der Waals surface area contributed by atoms with E-state index in [1.807, 2.05) is 12.1 Å². The van der Waals surface area contributed by atoms with Gasteiger partial charge in [-0.2, -0.15) is 5.26 Å². The molecule has 0 aliphatic heterocycles. The second kappa shape index (κ2) is 5.21. The van der Waals surface area contributed by atoms with Gasteiger partial charge in [-0.05, 0) is 55.4 Å². The average molecular weight is 329 g/mol. The molecule has 3 atom stereocenters. The van der Waals surface area contributed by atoms with Gasteiger partial charge in [0.15, 0.2) is 5.52 Å². The van der Waals surface area contributed by atoms with Gasteiger partial charge in [0, 0.05) is 12.1 Å². The number of hydrogen-bond acceptors (Lipinski definition) is 5. The molecule has 6 nitrogen and oxygen atoms in total. The van der Waals surface area contributed by atoms with E-state index in [1.54, 1.807) is 35.2 Å². The van der Waals surface area contributed by atoms with Crippen LogP contribution in [0, 0.1) is 23.2 Å². The van der Waals surface area contributed by atoms with E-state index in [-0.39, 0.29) is 11.5 Å². The van der Waals surface area contributed by atoms with Gasteiger partial charge in [0.05, 0.1) is 17.4 Å². The Morgan fingerprint density at radius 2 is 1.96 bits per heavy atom. The van der Waals surface area contributed by atoms with Gasteiger partial charge >= 0.3 is 0 Å². The lowest BCUT2D eigenvalue weighted by molar-refractivity contribution is 0.571. The zero-order valence-electron chi connectivity index (χ0n) is 13.5. The fraction of sp³-hybridized carbons (Fsp3) is 0.316. The second-order valence-electron chi connectivity index (χ2n) is 6.92. The lowest BCUT2D eigenvalue weighted by atomic mass is 10.0. The fourth-order valence-corrected chi connectivity index (χ4v) is 4.07. The van der Waals surface area contributed by atoms with E-state index in [2.05, 4.69) is 9.97 Å². The summed E-state index contributed by atoms with van der Waals surface area (Å²) in [6, 6.07) is 9.02. The van der Waals surface area contributed by atoms with Crippen molar-refractivity contribution >= 4 is 11.0 Å². The van der Waals surface area contributed by atoms with E-state index in [0.717, 1.165) is 30.5 Å². The van der Waals surface area contributed by atoms with Gasteiger partial charge in [0.25, 0.3) is 5.56 Å². The summed E-state index contributed by atoms with van der Waals surface area (Å²) >= 11 is 0. The number of pyridine rings is 2. The van der Waals surface area contributed by atoms with Gasteiger partial charge < -0.3 is 0 Å². The molecule has 0 unspecified atom stereocenters. The average Bonchev–Trinajstić information content (AvgIpc) is 3.27. The Labute approximate surface area is 143 Å². The number of nitriles is 1. The highest BCUT2D eigenvalue weighted by atomic mass is 16.1. The van der Waals surface area contributed by atoms with E-state index in [4.69, 9.17) is 10.2 Å². The molecule has 2 fully saturated rings. The zero-order chi connectivity index (χ0) is 17.0. The monoisotopic (exact) mass is 329 g/mol. The summed E-state index contributed by atoms with van der Waals surface area (Å²) in [5, 5.41) is 8.95. The fourth-order valence-electron chi connectivity index (χ4n) is 4.07. The Balaban J connectivity index is 1.75. The Hall–Kier alpha value is -3.07. The molecule has 3 aromatic heterocycles. The second-order valence-corrected chi connectivity index (χ2v) is 6.92. The minimum Gasteiger partial charge on any atom is -0.266 e. The molecule has 0 spiro atoms. The van der Waals surface area contributed by atoms with Crippen molar-refractivity contribution in [2.45, 2.75) is 25.2 Å². The van der Waals surface area contributed by atoms with Gasteiger partial charge in [-0.1, -0.05) is 0 Å². The molecule has 3 heterocycles. The van der Waals surface area contributed by atoms with Gasteiger partial charge in [-0.25, -0.2) is 15.0 Å². The van der Waals surface area contributed by atoms with Crippen LogP contribution in [0.4, 0.5) is 0 Å². The minimum atomic E-state index is -0.173. The van der Waals surface area contributed by atoms with Crippen LogP contribution in [0.2, 0.25) is 0 Å². The van der Waals surface area contributed by atoms with Crippen LogP contribution < -0.4 is 5.56 Å². The Morgan fingerprint density at radius 3 is 2.68 bits per heavy atom. The number of hydrogen-bond donors (Lipinski definition) is 0. The Morgan fingerprint density at radius 1 is 1.12 bits per heavy atom. The van der Waals surface area contributed by atoms with Gasteiger partial charge in [0.2, 0.25) is 0 Å². The standard InChI is InChI=1S/C19H15N5O/c20-9-14-3-4-15(10-22-14)24-18(13-7-11-6-12(11)8-13)23-16-2-1-5-21-17(16)19(24)25/h1-5,10-13H,6-8H2/t11-,12+,13+. The first-order valence-electron chi connectivity index (χ1n) is 8.49. The first-order chi connectivity index (χ1) is 12.2. The molecule has 0 N–H and O–H groups in total. The Bertz CT molecular complexity index is 1070. The molecule has 6 heteroatoms. The molecular formula is C19H15N5O. The van der Waals surface area contributed by atoms with E-state index < -0.39 is 0 Å². The molecule has 2 aliphatic rings. The van der Waals surface area contributed by atoms with Gasteiger partial charge in [-0.3, -0.25) is 9.36 Å². The molecule has 3 aromatic rings. The van der Waals surface area contributed by atoms with Crippen LogP contribution in [0.5, 0.6) is 0 Å². The smallest absolute Gasteiger partial charge is 0.266 e. The van der Waals surface area contributed by atoms with Crippen LogP contribution in [-0.2, 0) is 0 Å². The maximum absolute atomic E-state index is 13.1. The normalized spacial score (nSPS) is 24.0. The molecule has 0 aromatic carbocycles. The largest absolute Gasteiger partial charge is 0.284 e. The molecule has 2 saturated carbocycles. The molecule has 0 amide bonds. The predicted molar refractivity (Wildman–Crippen MR) is 91.2 cm³/mol. The molecule has 5 rings (SSSR count). The SMILES string of the molecule is N#Cc1ccc(-n2c([C@@H]3C[C@@H]4C[C@@H]4C3)nc3cccnc3c2=O)cn1.